The summed E-state index contributed by atoms with van der Waals surface area (Å²) in [6, 6.07) is 14.4. The number of hydrogen-bond acceptors (Lipinski definition) is 2. The highest BCUT2D eigenvalue weighted by atomic mass is 35.5. The van der Waals surface area contributed by atoms with Crippen LogP contribution in [0.2, 0.25) is 5.02 Å². The van der Waals surface area contributed by atoms with Crippen molar-refractivity contribution in [3.05, 3.63) is 70.2 Å². The fourth-order valence-electron chi connectivity index (χ4n) is 2.28. The minimum absolute atomic E-state index is 0.219. The van der Waals surface area contributed by atoms with Crippen molar-refractivity contribution in [1.82, 2.24) is 10.6 Å². The van der Waals surface area contributed by atoms with Crippen LogP contribution in [0, 0.1) is 0 Å². The molecule has 2 aromatic rings. The molecule has 5 nitrogen and oxygen atoms in total. The first-order valence-electron chi connectivity index (χ1n) is 7.69. The lowest BCUT2D eigenvalue weighted by molar-refractivity contribution is 0.1000. The Hall–Kier alpha value is -2.53. The molecule has 24 heavy (non-hydrogen) atoms. The third-order valence-electron chi connectivity index (χ3n) is 3.50. The Morgan fingerprint density at radius 1 is 0.917 bits per heavy atom. The number of benzene rings is 2. The highest BCUT2D eigenvalue weighted by Gasteiger charge is 2.03. The van der Waals surface area contributed by atoms with Gasteiger partial charge in [-0.2, -0.15) is 0 Å². The zero-order valence-corrected chi connectivity index (χ0v) is 14.0. The van der Waals surface area contributed by atoms with E-state index in [-0.39, 0.29) is 6.03 Å². The molecule has 0 fully saturated rings. The Morgan fingerprint density at radius 2 is 1.50 bits per heavy atom. The van der Waals surface area contributed by atoms with Gasteiger partial charge in [-0.1, -0.05) is 35.9 Å². The minimum Gasteiger partial charge on any atom is -0.366 e. The van der Waals surface area contributed by atoms with Crippen molar-refractivity contribution in [3.8, 4) is 0 Å². The predicted octanol–water partition coefficient (Wildman–Crippen LogP) is 2.52. The Balaban J connectivity index is 1.68. The van der Waals surface area contributed by atoms with Crippen molar-refractivity contribution < 1.29 is 9.59 Å². The second kappa shape index (κ2) is 8.93. The van der Waals surface area contributed by atoms with Gasteiger partial charge in [0, 0.05) is 23.7 Å². The molecule has 0 aliphatic rings. The fraction of sp³-hybridized carbons (Fsp3) is 0.222. The normalized spacial score (nSPS) is 10.2. The molecule has 0 spiro atoms. The molecule has 2 aromatic carbocycles. The molecule has 0 aliphatic heterocycles. The smallest absolute Gasteiger partial charge is 0.314 e. The molecule has 0 unspecified atom stereocenters. The molecule has 6 heteroatoms. The summed E-state index contributed by atoms with van der Waals surface area (Å²) >= 11 is 5.92. The summed E-state index contributed by atoms with van der Waals surface area (Å²) in [5.74, 6) is -0.455. The van der Waals surface area contributed by atoms with Crippen LogP contribution >= 0.6 is 11.6 Å². The largest absolute Gasteiger partial charge is 0.366 e. The first-order valence-corrected chi connectivity index (χ1v) is 8.07. The van der Waals surface area contributed by atoms with E-state index in [9.17, 15) is 9.59 Å². The van der Waals surface area contributed by atoms with E-state index in [1.165, 1.54) is 0 Å². The molecule has 0 bridgehead atoms. The maximum Gasteiger partial charge on any atom is 0.314 e. The number of amides is 3. The van der Waals surface area contributed by atoms with Crippen LogP contribution in [0.25, 0.3) is 0 Å². The molecule has 0 saturated heterocycles. The van der Waals surface area contributed by atoms with Crippen LogP contribution < -0.4 is 16.4 Å². The number of urea groups is 1. The predicted molar refractivity (Wildman–Crippen MR) is 95.2 cm³/mol. The summed E-state index contributed by atoms with van der Waals surface area (Å²) in [7, 11) is 0. The second-order valence-electron chi connectivity index (χ2n) is 5.38. The quantitative estimate of drug-likeness (QED) is 0.720. The van der Waals surface area contributed by atoms with Crippen LogP contribution in [0.15, 0.2) is 48.5 Å². The molecule has 4 N–H and O–H groups in total. The molecular weight excluding hydrogens is 326 g/mol. The second-order valence-corrected chi connectivity index (χ2v) is 5.81. The standard InChI is InChI=1S/C18H20ClN3O2/c19-16-6-2-4-14(12-16)8-10-22-18(24)21-9-7-13-3-1-5-15(11-13)17(20)23/h1-6,11-12H,7-10H2,(H2,20,23)(H2,21,22,24). The number of primary amides is 1. The highest BCUT2D eigenvalue weighted by molar-refractivity contribution is 6.30. The number of nitrogens with two attached hydrogens (primary N) is 1. The zero-order valence-electron chi connectivity index (χ0n) is 13.2. The third kappa shape index (κ3) is 5.93. The molecule has 0 heterocycles. The average molecular weight is 346 g/mol. The molecule has 0 atom stereocenters. The molecule has 0 aromatic heterocycles. The van der Waals surface area contributed by atoms with E-state index in [0.717, 1.165) is 11.1 Å². The van der Waals surface area contributed by atoms with Crippen LogP contribution in [-0.4, -0.2) is 25.0 Å². The molecule has 3 amide bonds. The van der Waals surface area contributed by atoms with Crippen LogP contribution in [0.5, 0.6) is 0 Å². The molecule has 126 valence electrons. The summed E-state index contributed by atoms with van der Waals surface area (Å²) in [5, 5.41) is 6.27. The van der Waals surface area contributed by atoms with Gasteiger partial charge in [-0.15, -0.1) is 0 Å². The van der Waals surface area contributed by atoms with Crippen molar-refractivity contribution in [3.63, 3.8) is 0 Å². The molecular formula is C18H20ClN3O2. The van der Waals surface area contributed by atoms with E-state index in [1.54, 1.807) is 18.2 Å². The zero-order chi connectivity index (χ0) is 17.4. The number of rotatable bonds is 7. The molecule has 0 aliphatic carbocycles. The van der Waals surface area contributed by atoms with E-state index in [4.69, 9.17) is 17.3 Å². The maximum atomic E-state index is 11.7. The van der Waals surface area contributed by atoms with Crippen LogP contribution in [0.4, 0.5) is 4.79 Å². The number of hydrogen-bond donors (Lipinski definition) is 3. The van der Waals surface area contributed by atoms with Crippen molar-refractivity contribution in [1.29, 1.82) is 0 Å². The number of carbonyl (C=O) groups excluding carboxylic acids is 2. The van der Waals surface area contributed by atoms with Gasteiger partial charge in [0.05, 0.1) is 0 Å². The van der Waals surface area contributed by atoms with Gasteiger partial charge in [0.1, 0.15) is 0 Å². The van der Waals surface area contributed by atoms with Crippen molar-refractivity contribution in [2.24, 2.45) is 5.73 Å². The van der Waals surface area contributed by atoms with Crippen LogP contribution in [0.1, 0.15) is 21.5 Å². The molecule has 0 radical (unpaired) electrons. The summed E-state index contributed by atoms with van der Waals surface area (Å²) in [6.07, 6.45) is 1.34. The Kier molecular flexibility index (Phi) is 6.63. The highest BCUT2D eigenvalue weighted by Crippen LogP contribution is 2.10. The van der Waals surface area contributed by atoms with Crippen molar-refractivity contribution in [2.45, 2.75) is 12.8 Å². The van der Waals surface area contributed by atoms with Gasteiger partial charge in [0.2, 0.25) is 5.91 Å². The lowest BCUT2D eigenvalue weighted by Crippen LogP contribution is -2.37. The van der Waals surface area contributed by atoms with E-state index in [0.29, 0.717) is 36.5 Å². The first-order chi connectivity index (χ1) is 11.5. The lowest BCUT2D eigenvalue weighted by atomic mass is 10.1. The minimum atomic E-state index is -0.455. The van der Waals surface area contributed by atoms with E-state index < -0.39 is 5.91 Å². The van der Waals surface area contributed by atoms with Crippen molar-refractivity contribution >= 4 is 23.5 Å². The van der Waals surface area contributed by atoms with Crippen LogP contribution in [0.3, 0.4) is 0 Å². The number of halogens is 1. The van der Waals surface area contributed by atoms with E-state index in [1.807, 2.05) is 30.3 Å². The Bertz CT molecular complexity index is 719. The van der Waals surface area contributed by atoms with Crippen molar-refractivity contribution in [2.75, 3.05) is 13.1 Å². The van der Waals surface area contributed by atoms with Gasteiger partial charge in [0.25, 0.3) is 0 Å². The topological polar surface area (TPSA) is 84.2 Å². The van der Waals surface area contributed by atoms with Gasteiger partial charge in [-0.25, -0.2) is 4.79 Å². The SMILES string of the molecule is NC(=O)c1cccc(CCNC(=O)NCCc2cccc(Cl)c2)c1. The first kappa shape index (κ1) is 17.8. The third-order valence-corrected chi connectivity index (χ3v) is 3.73. The van der Waals surface area contributed by atoms with Gasteiger partial charge in [-0.3, -0.25) is 4.79 Å². The van der Waals surface area contributed by atoms with Gasteiger partial charge >= 0.3 is 6.03 Å². The van der Waals surface area contributed by atoms with Gasteiger partial charge in [0.15, 0.2) is 0 Å². The molecule has 0 saturated carbocycles. The Morgan fingerprint density at radius 3 is 2.08 bits per heavy atom. The summed E-state index contributed by atoms with van der Waals surface area (Å²) in [6.45, 7) is 1.01. The summed E-state index contributed by atoms with van der Waals surface area (Å²) in [4.78, 5) is 22.9. The van der Waals surface area contributed by atoms with Gasteiger partial charge in [-0.05, 0) is 48.2 Å². The average Bonchev–Trinajstić information content (AvgIpc) is 2.55. The van der Waals surface area contributed by atoms with Gasteiger partial charge < -0.3 is 16.4 Å². The number of carbonyl (C=O) groups is 2. The lowest BCUT2D eigenvalue weighted by Gasteiger charge is -2.08. The monoisotopic (exact) mass is 345 g/mol. The van der Waals surface area contributed by atoms with Crippen LogP contribution in [-0.2, 0) is 12.8 Å². The number of nitrogens with one attached hydrogen (secondary N) is 2. The summed E-state index contributed by atoms with van der Waals surface area (Å²) in [5.41, 5.74) is 7.74. The fourth-order valence-corrected chi connectivity index (χ4v) is 2.49. The maximum absolute atomic E-state index is 11.7. The Labute approximate surface area is 146 Å². The van der Waals surface area contributed by atoms with E-state index >= 15 is 0 Å². The van der Waals surface area contributed by atoms with E-state index in [2.05, 4.69) is 10.6 Å². The molecule has 2 rings (SSSR count). The summed E-state index contributed by atoms with van der Waals surface area (Å²) < 4.78 is 0.